The van der Waals surface area contributed by atoms with Gasteiger partial charge in [0.2, 0.25) is 5.91 Å². The van der Waals surface area contributed by atoms with Gasteiger partial charge in [0.15, 0.2) is 5.82 Å². The van der Waals surface area contributed by atoms with Crippen LogP contribution in [-0.2, 0) is 11.0 Å². The molecule has 0 saturated carbocycles. The number of ether oxygens (including phenoxy) is 1. The van der Waals surface area contributed by atoms with E-state index in [9.17, 15) is 22.8 Å². The standard InChI is InChI=1S/C30H26ClF4N7O3/c1-4-21(43)37-17-7-5-6-16(13-17)28(44)42-10-8-41(9-11-42)27-18-14-19(31)22(24(32)25(18)39-29(40-27)45-3)26-23(30(33,34)35)15(2)12-20(36)38-26/h4-7,12-14H,1,8-11H2,2-3H3,(H2,36,38)(H,37,43). The average molecular weight is 644 g/mol. The van der Waals surface area contributed by atoms with Crippen molar-refractivity contribution >= 4 is 51.6 Å². The number of nitrogens with zero attached hydrogens (tertiary/aromatic N) is 5. The lowest BCUT2D eigenvalue weighted by atomic mass is 9.99. The highest BCUT2D eigenvalue weighted by molar-refractivity contribution is 6.34. The topological polar surface area (TPSA) is 127 Å². The number of anilines is 3. The van der Waals surface area contributed by atoms with Crippen LogP contribution in [0.1, 0.15) is 21.5 Å². The number of carbonyl (C=O) groups is 2. The molecular formula is C30H26ClF4N7O3. The molecule has 0 spiro atoms. The highest BCUT2D eigenvalue weighted by Crippen LogP contribution is 2.44. The molecule has 1 fully saturated rings. The highest BCUT2D eigenvalue weighted by Gasteiger charge is 2.38. The lowest BCUT2D eigenvalue weighted by molar-refractivity contribution is -0.137. The molecule has 2 amide bonds. The van der Waals surface area contributed by atoms with E-state index in [1.54, 1.807) is 34.1 Å². The highest BCUT2D eigenvalue weighted by atomic mass is 35.5. The van der Waals surface area contributed by atoms with Gasteiger partial charge < -0.3 is 25.6 Å². The molecular weight excluding hydrogens is 618 g/mol. The van der Waals surface area contributed by atoms with Crippen molar-refractivity contribution in [2.45, 2.75) is 13.1 Å². The number of piperazine rings is 1. The first-order valence-corrected chi connectivity index (χ1v) is 13.9. The Labute approximate surface area is 259 Å². The molecule has 10 nitrogen and oxygen atoms in total. The molecule has 0 radical (unpaired) electrons. The Balaban J connectivity index is 1.49. The number of hydrogen-bond donors (Lipinski definition) is 2. The monoisotopic (exact) mass is 643 g/mol. The smallest absolute Gasteiger partial charge is 0.418 e. The number of pyridine rings is 1. The van der Waals surface area contributed by atoms with Crippen molar-refractivity contribution in [2.75, 3.05) is 49.2 Å². The van der Waals surface area contributed by atoms with Crippen LogP contribution in [0.15, 0.2) is 49.1 Å². The SMILES string of the molecule is C=CC(=O)Nc1cccc(C(=O)N2CCN(c3nc(OC)nc4c(F)c(-c5nc(N)cc(C)c5C(F)(F)F)c(Cl)cc34)CC2)c1. The fourth-order valence-electron chi connectivity index (χ4n) is 5.17. The van der Waals surface area contributed by atoms with Crippen LogP contribution in [0.25, 0.3) is 22.2 Å². The molecule has 1 aliphatic rings. The Kier molecular flexibility index (Phi) is 8.52. The number of amides is 2. The third kappa shape index (κ3) is 6.18. The second-order valence-corrected chi connectivity index (χ2v) is 10.5. The lowest BCUT2D eigenvalue weighted by Gasteiger charge is -2.36. The van der Waals surface area contributed by atoms with Crippen molar-refractivity contribution in [3.8, 4) is 17.3 Å². The zero-order valence-electron chi connectivity index (χ0n) is 24.0. The maximum atomic E-state index is 16.2. The van der Waals surface area contributed by atoms with Crippen molar-refractivity contribution in [3.63, 3.8) is 0 Å². The van der Waals surface area contributed by atoms with Gasteiger partial charge in [0.05, 0.1) is 29.0 Å². The summed E-state index contributed by atoms with van der Waals surface area (Å²) < 4.78 is 63.6. The normalized spacial score (nSPS) is 13.6. The van der Waals surface area contributed by atoms with Crippen molar-refractivity contribution in [1.29, 1.82) is 0 Å². The van der Waals surface area contributed by atoms with E-state index in [-0.39, 0.29) is 71.2 Å². The van der Waals surface area contributed by atoms with E-state index in [4.69, 9.17) is 22.1 Å². The molecule has 1 aliphatic heterocycles. The molecule has 5 rings (SSSR count). The number of aryl methyl sites for hydroxylation is 1. The van der Waals surface area contributed by atoms with E-state index in [0.29, 0.717) is 11.3 Å². The fourth-order valence-corrected chi connectivity index (χ4v) is 5.45. The average Bonchev–Trinajstić information content (AvgIpc) is 2.99. The summed E-state index contributed by atoms with van der Waals surface area (Å²) in [7, 11) is 1.27. The number of benzene rings is 2. The number of nitrogens with one attached hydrogen (secondary N) is 1. The number of alkyl halides is 3. The van der Waals surface area contributed by atoms with Gasteiger partial charge in [0.1, 0.15) is 17.2 Å². The molecule has 0 atom stereocenters. The third-order valence-corrected chi connectivity index (χ3v) is 7.51. The minimum absolute atomic E-state index is 0.127. The van der Waals surface area contributed by atoms with Gasteiger partial charge in [0.25, 0.3) is 5.91 Å². The maximum absolute atomic E-state index is 16.2. The van der Waals surface area contributed by atoms with E-state index in [1.807, 2.05) is 0 Å². The number of aromatic nitrogens is 3. The Morgan fingerprint density at radius 3 is 2.47 bits per heavy atom. The van der Waals surface area contributed by atoms with Crippen molar-refractivity contribution in [1.82, 2.24) is 19.9 Å². The van der Waals surface area contributed by atoms with Crippen LogP contribution in [0, 0.1) is 12.7 Å². The molecule has 0 unspecified atom stereocenters. The van der Waals surface area contributed by atoms with Gasteiger partial charge in [-0.05, 0) is 48.9 Å². The van der Waals surface area contributed by atoms with Gasteiger partial charge in [-0.15, -0.1) is 0 Å². The lowest BCUT2D eigenvalue weighted by Crippen LogP contribution is -2.49. The summed E-state index contributed by atoms with van der Waals surface area (Å²) in [5.74, 6) is -1.85. The van der Waals surface area contributed by atoms with Crippen molar-refractivity contribution in [2.24, 2.45) is 0 Å². The van der Waals surface area contributed by atoms with Crippen LogP contribution in [-0.4, -0.2) is 65.0 Å². The van der Waals surface area contributed by atoms with Gasteiger partial charge in [-0.2, -0.15) is 23.1 Å². The van der Waals surface area contributed by atoms with E-state index < -0.39 is 34.7 Å². The first kappa shape index (κ1) is 31.4. The molecule has 234 valence electrons. The van der Waals surface area contributed by atoms with Gasteiger partial charge in [-0.3, -0.25) is 9.59 Å². The Morgan fingerprint density at radius 1 is 1.11 bits per heavy atom. The summed E-state index contributed by atoms with van der Waals surface area (Å²) in [6, 6.07) is 8.58. The number of hydrogen-bond acceptors (Lipinski definition) is 8. The molecule has 0 bridgehead atoms. The summed E-state index contributed by atoms with van der Waals surface area (Å²) in [6.07, 6.45) is -3.76. The summed E-state index contributed by atoms with van der Waals surface area (Å²) >= 11 is 6.46. The van der Waals surface area contributed by atoms with E-state index in [1.165, 1.54) is 20.1 Å². The van der Waals surface area contributed by atoms with Gasteiger partial charge in [-0.25, -0.2) is 9.37 Å². The first-order valence-electron chi connectivity index (χ1n) is 13.5. The summed E-state index contributed by atoms with van der Waals surface area (Å²) in [4.78, 5) is 40.6. The van der Waals surface area contributed by atoms with E-state index >= 15 is 4.39 Å². The molecule has 3 heterocycles. The predicted octanol–water partition coefficient (Wildman–Crippen LogP) is 5.49. The van der Waals surface area contributed by atoms with E-state index in [2.05, 4.69) is 26.8 Å². The third-order valence-electron chi connectivity index (χ3n) is 7.21. The molecule has 1 saturated heterocycles. The number of methoxy groups -OCH3 is 1. The molecule has 15 heteroatoms. The molecule has 2 aromatic carbocycles. The largest absolute Gasteiger partial charge is 0.467 e. The van der Waals surface area contributed by atoms with Crippen molar-refractivity contribution < 1.29 is 31.9 Å². The zero-order chi connectivity index (χ0) is 32.6. The summed E-state index contributed by atoms with van der Waals surface area (Å²) in [6.45, 7) is 5.65. The Morgan fingerprint density at radius 2 is 1.82 bits per heavy atom. The van der Waals surface area contributed by atoms with Crippen molar-refractivity contribution in [3.05, 3.63) is 76.6 Å². The minimum atomic E-state index is -4.88. The van der Waals surface area contributed by atoms with Gasteiger partial charge in [0, 0.05) is 42.8 Å². The van der Waals surface area contributed by atoms with Crippen LogP contribution in [0.2, 0.25) is 5.02 Å². The van der Waals surface area contributed by atoms with Gasteiger partial charge >= 0.3 is 12.2 Å². The number of carbonyl (C=O) groups excluding carboxylic acids is 2. The second kappa shape index (κ2) is 12.2. The molecule has 4 aromatic rings. The molecule has 45 heavy (non-hydrogen) atoms. The molecule has 2 aromatic heterocycles. The molecule has 0 aliphatic carbocycles. The number of nitrogens with two attached hydrogens (primary N) is 1. The van der Waals surface area contributed by atoms with Crippen LogP contribution >= 0.6 is 11.6 Å². The first-order chi connectivity index (χ1) is 21.3. The number of rotatable bonds is 6. The van der Waals surface area contributed by atoms with Crippen LogP contribution in [0.4, 0.5) is 34.9 Å². The number of halogens is 5. The van der Waals surface area contributed by atoms with Gasteiger partial charge in [-0.1, -0.05) is 24.2 Å². The number of nitrogen functional groups attached to an aromatic ring is 1. The Hall–Kier alpha value is -4.98. The number of fused-ring (bicyclic) bond motifs is 1. The second-order valence-electron chi connectivity index (χ2n) is 10.1. The minimum Gasteiger partial charge on any atom is -0.467 e. The fraction of sp³-hybridized carbons (Fsp3) is 0.233. The summed E-state index contributed by atoms with van der Waals surface area (Å²) in [5.41, 5.74) is 3.43. The van der Waals surface area contributed by atoms with Crippen LogP contribution in [0.5, 0.6) is 6.01 Å². The zero-order valence-corrected chi connectivity index (χ0v) is 24.8. The predicted molar refractivity (Wildman–Crippen MR) is 162 cm³/mol. The van der Waals surface area contributed by atoms with Crippen LogP contribution < -0.4 is 20.7 Å². The Bertz CT molecular complexity index is 1840. The maximum Gasteiger partial charge on any atom is 0.418 e. The molecule has 3 N–H and O–H groups in total. The van der Waals surface area contributed by atoms with Crippen LogP contribution in [0.3, 0.4) is 0 Å². The summed E-state index contributed by atoms with van der Waals surface area (Å²) in [5, 5.41) is 2.39. The van der Waals surface area contributed by atoms with E-state index in [0.717, 1.165) is 12.1 Å². The quantitative estimate of drug-likeness (QED) is 0.209.